The number of thiophene rings is 1. The molecular formula is C19H18FN3O3S2. The van der Waals surface area contributed by atoms with Crippen LogP contribution in [0.1, 0.15) is 22.8 Å². The summed E-state index contributed by atoms with van der Waals surface area (Å²) in [5.74, 6) is -0.864. The average Bonchev–Trinajstić information content (AvgIpc) is 3.13. The summed E-state index contributed by atoms with van der Waals surface area (Å²) in [4.78, 5) is 40.0. The lowest BCUT2D eigenvalue weighted by Gasteiger charge is -2.08. The molecule has 0 aliphatic heterocycles. The van der Waals surface area contributed by atoms with Crippen LogP contribution in [0.15, 0.2) is 39.6 Å². The minimum Gasteiger partial charge on any atom is -0.356 e. The van der Waals surface area contributed by atoms with Crippen LogP contribution in [0.2, 0.25) is 0 Å². The fraction of sp³-hybridized carbons (Fsp3) is 0.263. The monoisotopic (exact) mass is 419 g/mol. The molecule has 1 amide bonds. The molecule has 0 atom stereocenters. The fourth-order valence-corrected chi connectivity index (χ4v) is 4.28. The zero-order valence-corrected chi connectivity index (χ0v) is 17.0. The molecule has 146 valence electrons. The third-order valence-corrected chi connectivity index (χ3v) is 6.04. The van der Waals surface area contributed by atoms with Gasteiger partial charge in [-0.2, -0.15) is 0 Å². The maximum Gasteiger partial charge on any atom is 0.271 e. The maximum absolute atomic E-state index is 14.2. The Balaban J connectivity index is 1.68. The average molecular weight is 420 g/mol. The summed E-state index contributed by atoms with van der Waals surface area (Å²) in [5, 5.41) is 4.85. The molecule has 3 aromatic rings. The highest BCUT2D eigenvalue weighted by Crippen LogP contribution is 2.21. The smallest absolute Gasteiger partial charge is 0.271 e. The number of carbonyl (C=O) groups excluding carboxylic acids is 2. The van der Waals surface area contributed by atoms with Crippen molar-refractivity contribution in [2.75, 3.05) is 12.3 Å². The summed E-state index contributed by atoms with van der Waals surface area (Å²) in [6.45, 7) is 1.73. The van der Waals surface area contributed by atoms with E-state index in [-0.39, 0.29) is 28.6 Å². The van der Waals surface area contributed by atoms with Crippen LogP contribution in [0, 0.1) is 5.82 Å². The van der Waals surface area contributed by atoms with Gasteiger partial charge in [-0.1, -0.05) is 23.9 Å². The van der Waals surface area contributed by atoms with E-state index >= 15 is 0 Å². The van der Waals surface area contributed by atoms with Crippen LogP contribution >= 0.6 is 23.1 Å². The van der Waals surface area contributed by atoms with Crippen LogP contribution in [0.3, 0.4) is 0 Å². The number of rotatable bonds is 7. The van der Waals surface area contributed by atoms with Gasteiger partial charge in [0.1, 0.15) is 10.5 Å². The molecule has 0 unspecified atom stereocenters. The molecule has 28 heavy (non-hydrogen) atoms. The van der Waals surface area contributed by atoms with Gasteiger partial charge in [0, 0.05) is 26.1 Å². The van der Waals surface area contributed by atoms with E-state index in [4.69, 9.17) is 0 Å². The molecule has 2 aromatic heterocycles. The van der Waals surface area contributed by atoms with Crippen molar-refractivity contribution >= 4 is 45.0 Å². The number of nitrogens with zero attached hydrogens (tertiary/aromatic N) is 2. The van der Waals surface area contributed by atoms with Crippen molar-refractivity contribution in [2.24, 2.45) is 7.05 Å². The van der Waals surface area contributed by atoms with Gasteiger partial charge >= 0.3 is 0 Å². The van der Waals surface area contributed by atoms with Crippen LogP contribution in [-0.2, 0) is 18.3 Å². The van der Waals surface area contributed by atoms with Gasteiger partial charge in [-0.3, -0.25) is 19.0 Å². The Bertz CT molecular complexity index is 1110. The van der Waals surface area contributed by atoms with E-state index in [1.165, 1.54) is 28.9 Å². The second-order valence-corrected chi connectivity index (χ2v) is 8.00. The van der Waals surface area contributed by atoms with Crippen molar-refractivity contribution in [3.63, 3.8) is 0 Å². The summed E-state index contributed by atoms with van der Waals surface area (Å²) >= 11 is 2.48. The highest BCUT2D eigenvalue weighted by atomic mass is 32.2. The molecule has 1 aromatic carbocycles. The first kappa shape index (κ1) is 20.2. The molecule has 0 aliphatic rings. The lowest BCUT2D eigenvalue weighted by Crippen LogP contribution is -2.22. The third-order valence-electron chi connectivity index (χ3n) is 4.12. The number of halogens is 1. The quantitative estimate of drug-likeness (QED) is 0.362. The minimum absolute atomic E-state index is 0.0423. The number of aromatic nitrogens is 2. The number of Topliss-reactive ketones (excluding diaryl/α,β-unsaturated/α-hetero) is 1. The Morgan fingerprint density at radius 3 is 2.82 bits per heavy atom. The molecule has 1 N–H and O–H groups in total. The van der Waals surface area contributed by atoms with Crippen molar-refractivity contribution in [3.8, 4) is 0 Å². The SMILES string of the molecule is CC(=O)NCCc1ccc(C(=O)CSc2nc3ccsc3c(=O)n2C)cc1F. The van der Waals surface area contributed by atoms with Gasteiger partial charge in [-0.25, -0.2) is 9.37 Å². The Hall–Kier alpha value is -2.52. The van der Waals surface area contributed by atoms with E-state index in [0.717, 1.165) is 11.8 Å². The van der Waals surface area contributed by atoms with E-state index in [0.29, 0.717) is 33.9 Å². The first-order valence-electron chi connectivity index (χ1n) is 8.50. The number of hydrogen-bond donors (Lipinski definition) is 1. The zero-order chi connectivity index (χ0) is 20.3. The van der Waals surface area contributed by atoms with Crippen LogP contribution in [0.25, 0.3) is 10.2 Å². The van der Waals surface area contributed by atoms with E-state index in [1.54, 1.807) is 30.6 Å². The predicted molar refractivity (Wildman–Crippen MR) is 109 cm³/mol. The van der Waals surface area contributed by atoms with Crippen molar-refractivity contribution < 1.29 is 14.0 Å². The number of fused-ring (bicyclic) bond motifs is 1. The molecule has 6 nitrogen and oxygen atoms in total. The number of benzene rings is 1. The standard InChI is InChI=1S/C19H18FN3O3S2/c1-11(24)21-7-5-12-3-4-13(9-14(12)20)16(25)10-28-19-22-15-6-8-27-17(15)18(26)23(19)2/h3-4,6,8-9H,5,7,10H2,1-2H3,(H,21,24). The van der Waals surface area contributed by atoms with Crippen LogP contribution < -0.4 is 10.9 Å². The van der Waals surface area contributed by atoms with E-state index in [9.17, 15) is 18.8 Å². The molecule has 0 bridgehead atoms. The van der Waals surface area contributed by atoms with Crippen molar-refractivity contribution in [1.82, 2.24) is 14.9 Å². The van der Waals surface area contributed by atoms with Gasteiger partial charge in [0.2, 0.25) is 5.91 Å². The molecule has 0 saturated carbocycles. The Morgan fingerprint density at radius 2 is 2.11 bits per heavy atom. The molecule has 3 rings (SSSR count). The normalized spacial score (nSPS) is 11.0. The van der Waals surface area contributed by atoms with Gasteiger partial charge in [-0.05, 0) is 29.5 Å². The van der Waals surface area contributed by atoms with Crippen molar-refractivity contribution in [2.45, 2.75) is 18.5 Å². The number of hydrogen-bond acceptors (Lipinski definition) is 6. The molecule has 9 heteroatoms. The van der Waals surface area contributed by atoms with Crippen molar-refractivity contribution in [1.29, 1.82) is 0 Å². The first-order valence-corrected chi connectivity index (χ1v) is 10.4. The second kappa shape index (κ2) is 8.66. The number of nitrogens with one attached hydrogen (secondary N) is 1. The predicted octanol–water partition coefficient (Wildman–Crippen LogP) is 2.79. The van der Waals surface area contributed by atoms with Crippen LogP contribution in [-0.4, -0.2) is 33.5 Å². The summed E-state index contributed by atoms with van der Waals surface area (Å²) in [7, 11) is 1.62. The van der Waals surface area contributed by atoms with Gasteiger partial charge in [0.15, 0.2) is 10.9 Å². The lowest BCUT2D eigenvalue weighted by atomic mass is 10.1. The second-order valence-electron chi connectivity index (χ2n) is 6.14. The van der Waals surface area contributed by atoms with E-state index in [2.05, 4.69) is 10.3 Å². The Morgan fingerprint density at radius 1 is 1.32 bits per heavy atom. The van der Waals surface area contributed by atoms with Crippen LogP contribution in [0.5, 0.6) is 0 Å². The number of ketones is 1. The third kappa shape index (κ3) is 4.48. The molecule has 0 saturated heterocycles. The molecule has 0 radical (unpaired) electrons. The lowest BCUT2D eigenvalue weighted by molar-refractivity contribution is -0.118. The number of thioether (sulfide) groups is 1. The van der Waals surface area contributed by atoms with E-state index < -0.39 is 5.82 Å². The highest BCUT2D eigenvalue weighted by Gasteiger charge is 2.14. The minimum atomic E-state index is -0.480. The van der Waals surface area contributed by atoms with E-state index in [1.807, 2.05) is 0 Å². The topological polar surface area (TPSA) is 81.1 Å². The maximum atomic E-state index is 14.2. The molecular weight excluding hydrogens is 401 g/mol. The van der Waals surface area contributed by atoms with Gasteiger partial charge in [-0.15, -0.1) is 11.3 Å². The van der Waals surface area contributed by atoms with Gasteiger partial charge < -0.3 is 5.32 Å². The molecule has 0 spiro atoms. The summed E-state index contributed by atoms with van der Waals surface area (Å²) in [5.41, 5.74) is 1.15. The Labute approximate surface area is 168 Å². The fourth-order valence-electron chi connectivity index (χ4n) is 2.61. The van der Waals surface area contributed by atoms with Crippen LogP contribution in [0.4, 0.5) is 4.39 Å². The summed E-state index contributed by atoms with van der Waals surface area (Å²) < 4.78 is 16.2. The van der Waals surface area contributed by atoms with Crippen molar-refractivity contribution in [3.05, 3.63) is 56.9 Å². The highest BCUT2D eigenvalue weighted by molar-refractivity contribution is 7.99. The summed E-state index contributed by atoms with van der Waals surface area (Å²) in [6.07, 6.45) is 0.349. The Kier molecular flexibility index (Phi) is 6.25. The van der Waals surface area contributed by atoms with Gasteiger partial charge in [0.25, 0.3) is 5.56 Å². The molecule has 0 aliphatic carbocycles. The zero-order valence-electron chi connectivity index (χ0n) is 15.3. The molecule has 0 fully saturated rings. The number of amides is 1. The summed E-state index contributed by atoms with van der Waals surface area (Å²) in [6, 6.07) is 6.10. The number of carbonyl (C=O) groups is 2. The van der Waals surface area contributed by atoms with Gasteiger partial charge in [0.05, 0.1) is 11.3 Å². The first-order chi connectivity index (χ1) is 13.4. The largest absolute Gasteiger partial charge is 0.356 e. The molecule has 2 heterocycles.